The molecule has 4 heterocycles. The fourth-order valence-corrected chi connectivity index (χ4v) is 7.47. The van der Waals surface area contributed by atoms with Crippen molar-refractivity contribution >= 4 is 29.2 Å². The number of carboxylic acid groups (broad SMARTS) is 1. The smallest absolute Gasteiger partial charge is 0.475 e. The van der Waals surface area contributed by atoms with Crippen molar-refractivity contribution in [1.82, 2.24) is 30.0 Å². The summed E-state index contributed by atoms with van der Waals surface area (Å²) in [5.41, 5.74) is 13.5. The van der Waals surface area contributed by atoms with Crippen LogP contribution in [0.25, 0.3) is 11.4 Å². The van der Waals surface area contributed by atoms with E-state index in [2.05, 4.69) is 78.7 Å². The number of aromatic nitrogens is 4. The maximum Gasteiger partial charge on any atom is 0.490 e. The van der Waals surface area contributed by atoms with E-state index in [-0.39, 0.29) is 17.3 Å². The third-order valence-electron chi connectivity index (χ3n) is 10.2. The van der Waals surface area contributed by atoms with Gasteiger partial charge in [0.1, 0.15) is 11.4 Å². The molecule has 2 saturated heterocycles. The first-order chi connectivity index (χ1) is 25.3. The van der Waals surface area contributed by atoms with Gasteiger partial charge in [0.15, 0.2) is 0 Å². The highest BCUT2D eigenvalue weighted by Crippen LogP contribution is 2.42. The molecule has 6 N–H and O–H groups in total. The van der Waals surface area contributed by atoms with Gasteiger partial charge in [0.2, 0.25) is 5.95 Å². The molecule has 2 aromatic carbocycles. The Balaban J connectivity index is 0.000000626. The average Bonchev–Trinajstić information content (AvgIpc) is 3.60. The predicted octanol–water partition coefficient (Wildman–Crippen LogP) is 6.23. The van der Waals surface area contributed by atoms with E-state index in [1.165, 1.54) is 63.8 Å². The highest BCUT2D eigenvalue weighted by atomic mass is 19.4. The number of carbonyl (C=O) groups excluding carboxylic acids is 1. The Hall–Kier alpha value is -5.02. The third-order valence-corrected chi connectivity index (χ3v) is 10.2. The molecule has 0 bridgehead atoms. The number of aliphatic carboxylic acids is 1. The summed E-state index contributed by atoms with van der Waals surface area (Å²) < 4.78 is 31.7. The molecule has 2 aromatic heterocycles. The summed E-state index contributed by atoms with van der Waals surface area (Å²) >= 11 is 0. The highest BCUT2D eigenvalue weighted by molar-refractivity contribution is 6.05. The summed E-state index contributed by atoms with van der Waals surface area (Å²) in [4.78, 5) is 36.2. The number of amides is 1. The zero-order valence-electron chi connectivity index (χ0n) is 30.0. The van der Waals surface area contributed by atoms with Crippen LogP contribution in [0, 0.1) is 0 Å². The number of H-pyrrole nitrogens is 1. The van der Waals surface area contributed by atoms with Crippen LogP contribution in [0.1, 0.15) is 78.7 Å². The fourth-order valence-electron chi connectivity index (χ4n) is 7.47. The second-order valence-electron chi connectivity index (χ2n) is 14.6. The van der Waals surface area contributed by atoms with E-state index in [1.807, 2.05) is 24.3 Å². The summed E-state index contributed by atoms with van der Waals surface area (Å²) in [7, 11) is 0. The first-order valence-corrected chi connectivity index (χ1v) is 18.0. The Bertz CT molecular complexity index is 1880. The number of alkyl halides is 3. The number of nitrogens with one attached hydrogen (secondary N) is 3. The van der Waals surface area contributed by atoms with E-state index in [0.29, 0.717) is 30.0 Å². The van der Waals surface area contributed by atoms with Crippen LogP contribution in [0.15, 0.2) is 54.7 Å². The normalized spacial score (nSPS) is 17.5. The molecule has 12 nitrogen and oxygen atoms in total. The SMILES string of the molecule is CC1(C)Cc2cnc(N)nc2-c2n[nH]c(C(=O)Nc3ccc(CNc4ccc(CN5CCC(N6CCCCC6)CC5)cc4)cc3)c21.O=C(O)C(F)(F)F. The van der Waals surface area contributed by atoms with Crippen LogP contribution >= 0.6 is 0 Å². The molecule has 1 aliphatic carbocycles. The molecule has 3 aliphatic rings. The van der Waals surface area contributed by atoms with Crippen molar-refractivity contribution in [2.24, 2.45) is 0 Å². The number of nitrogen functional groups attached to an aromatic ring is 1. The molecule has 0 spiro atoms. The maximum absolute atomic E-state index is 13.4. The molecule has 0 atom stereocenters. The van der Waals surface area contributed by atoms with Gasteiger partial charge >= 0.3 is 12.1 Å². The summed E-state index contributed by atoms with van der Waals surface area (Å²) in [6, 6.07) is 17.6. The van der Waals surface area contributed by atoms with Gasteiger partial charge in [-0.2, -0.15) is 18.3 Å². The minimum atomic E-state index is -5.08. The molecule has 0 unspecified atom stereocenters. The lowest BCUT2D eigenvalue weighted by atomic mass is 9.73. The molecule has 2 fully saturated rings. The van der Waals surface area contributed by atoms with Gasteiger partial charge in [-0.25, -0.2) is 14.8 Å². The second kappa shape index (κ2) is 15.9. The number of nitrogens with zero attached hydrogens (tertiary/aromatic N) is 5. The summed E-state index contributed by atoms with van der Waals surface area (Å²) in [5.74, 6) is -2.80. The lowest BCUT2D eigenvalue weighted by molar-refractivity contribution is -0.192. The summed E-state index contributed by atoms with van der Waals surface area (Å²) in [5, 5.41) is 21.1. The number of fused-ring (bicyclic) bond motifs is 3. The number of halogens is 3. The van der Waals surface area contributed by atoms with Gasteiger partial charge in [-0.3, -0.25) is 14.8 Å². The van der Waals surface area contributed by atoms with Gasteiger partial charge in [0, 0.05) is 42.3 Å². The quantitative estimate of drug-likeness (QED) is 0.140. The molecule has 282 valence electrons. The number of carbonyl (C=O) groups is 2. The zero-order chi connectivity index (χ0) is 37.8. The van der Waals surface area contributed by atoms with E-state index in [4.69, 9.17) is 15.6 Å². The van der Waals surface area contributed by atoms with Crippen molar-refractivity contribution in [3.63, 3.8) is 0 Å². The first kappa shape index (κ1) is 37.7. The lowest BCUT2D eigenvalue weighted by Gasteiger charge is -2.40. The van der Waals surface area contributed by atoms with Gasteiger partial charge < -0.3 is 26.4 Å². The third kappa shape index (κ3) is 9.32. The molecule has 1 amide bonds. The number of piperidine rings is 2. The van der Waals surface area contributed by atoms with E-state index < -0.39 is 12.1 Å². The molecule has 7 rings (SSSR count). The molecule has 15 heteroatoms. The number of rotatable bonds is 8. The largest absolute Gasteiger partial charge is 0.490 e. The van der Waals surface area contributed by atoms with Crippen molar-refractivity contribution in [3.05, 3.63) is 82.7 Å². The van der Waals surface area contributed by atoms with Crippen LogP contribution in [-0.4, -0.2) is 85.3 Å². The molecule has 53 heavy (non-hydrogen) atoms. The summed E-state index contributed by atoms with van der Waals surface area (Å²) in [6.07, 6.45) is 4.12. The molecular weight excluding hydrogens is 687 g/mol. The number of benzene rings is 2. The van der Waals surface area contributed by atoms with Crippen molar-refractivity contribution in [2.75, 3.05) is 42.5 Å². The van der Waals surface area contributed by atoms with Crippen LogP contribution < -0.4 is 16.4 Å². The minimum absolute atomic E-state index is 0.193. The second-order valence-corrected chi connectivity index (χ2v) is 14.6. The van der Waals surface area contributed by atoms with E-state index in [9.17, 15) is 18.0 Å². The Morgan fingerprint density at radius 2 is 1.57 bits per heavy atom. The fraction of sp³-hybridized carbons (Fsp3) is 0.447. The molecular formula is C38H46F3N9O3. The van der Waals surface area contributed by atoms with Crippen LogP contribution in [0.2, 0.25) is 0 Å². The highest BCUT2D eigenvalue weighted by Gasteiger charge is 2.39. The van der Waals surface area contributed by atoms with Crippen molar-refractivity contribution in [3.8, 4) is 11.4 Å². The molecule has 2 aliphatic heterocycles. The maximum atomic E-state index is 13.4. The van der Waals surface area contributed by atoms with Gasteiger partial charge in [-0.05, 0) is 105 Å². The van der Waals surface area contributed by atoms with Crippen LogP contribution in [-0.2, 0) is 29.7 Å². The number of nitrogens with two attached hydrogens (primary N) is 1. The van der Waals surface area contributed by atoms with E-state index in [0.717, 1.165) is 40.7 Å². The Morgan fingerprint density at radius 3 is 2.21 bits per heavy atom. The Morgan fingerprint density at radius 1 is 0.943 bits per heavy atom. The van der Waals surface area contributed by atoms with E-state index >= 15 is 0 Å². The number of aromatic amines is 1. The number of hydrogen-bond acceptors (Lipinski definition) is 9. The average molecular weight is 734 g/mol. The number of anilines is 3. The van der Waals surface area contributed by atoms with E-state index in [1.54, 1.807) is 6.20 Å². The predicted molar refractivity (Wildman–Crippen MR) is 196 cm³/mol. The lowest BCUT2D eigenvalue weighted by Crippen LogP contribution is -2.46. The Labute approximate surface area is 306 Å². The number of hydrogen-bond donors (Lipinski definition) is 5. The van der Waals surface area contributed by atoms with Gasteiger partial charge in [-0.1, -0.05) is 44.5 Å². The Kier molecular flexibility index (Phi) is 11.3. The first-order valence-electron chi connectivity index (χ1n) is 18.0. The van der Waals surface area contributed by atoms with Crippen LogP contribution in [0.4, 0.5) is 30.5 Å². The minimum Gasteiger partial charge on any atom is -0.475 e. The van der Waals surface area contributed by atoms with Gasteiger partial charge in [0.05, 0.1) is 5.69 Å². The standard InChI is InChI=1S/C36H45N9O.C2HF3O2/c1-36(2)20-26-22-39-35(37)41-31(26)32-30(36)33(43-42-32)34(46)40-28-12-6-24(7-13-28)21-38-27-10-8-25(9-11-27)23-44-18-14-29(15-19-44)45-16-4-3-5-17-45;3-2(4,5)1(6)7/h6-13,22,29,38H,3-5,14-21,23H2,1-2H3,(H,40,46)(H,42,43)(H2,37,39,41);(H,6,7). The van der Waals surface area contributed by atoms with Crippen molar-refractivity contribution < 1.29 is 27.9 Å². The van der Waals surface area contributed by atoms with Crippen LogP contribution in [0.3, 0.4) is 0 Å². The zero-order valence-corrected chi connectivity index (χ0v) is 30.0. The molecule has 0 radical (unpaired) electrons. The van der Waals surface area contributed by atoms with Crippen molar-refractivity contribution in [1.29, 1.82) is 0 Å². The summed E-state index contributed by atoms with van der Waals surface area (Å²) in [6.45, 7) is 10.9. The molecule has 4 aromatic rings. The number of carboxylic acids is 1. The van der Waals surface area contributed by atoms with Gasteiger partial charge in [-0.15, -0.1) is 0 Å². The van der Waals surface area contributed by atoms with Crippen LogP contribution in [0.5, 0.6) is 0 Å². The topological polar surface area (TPSA) is 165 Å². The number of likely N-dealkylation sites (tertiary alicyclic amines) is 2. The molecule has 0 saturated carbocycles. The monoisotopic (exact) mass is 733 g/mol. The van der Waals surface area contributed by atoms with Crippen molar-refractivity contribution in [2.45, 2.75) is 83.1 Å². The van der Waals surface area contributed by atoms with Gasteiger partial charge in [0.25, 0.3) is 5.91 Å².